The fourth-order valence-electron chi connectivity index (χ4n) is 1.64. The first-order chi connectivity index (χ1) is 9.72. The van der Waals surface area contributed by atoms with Crippen LogP contribution in [-0.4, -0.2) is 37.6 Å². The third-order valence-electron chi connectivity index (χ3n) is 2.82. The van der Waals surface area contributed by atoms with Crippen molar-refractivity contribution in [1.29, 1.82) is 0 Å². The maximum atomic E-state index is 5.32. The van der Waals surface area contributed by atoms with Gasteiger partial charge in [0, 0.05) is 31.8 Å². The van der Waals surface area contributed by atoms with E-state index in [2.05, 4.69) is 35.7 Å². The van der Waals surface area contributed by atoms with Crippen LogP contribution in [-0.2, 0) is 6.42 Å². The topological polar surface area (TPSA) is 49.6 Å². The van der Waals surface area contributed by atoms with Gasteiger partial charge in [-0.15, -0.1) is 24.0 Å². The maximum Gasteiger partial charge on any atom is 0.191 e. The highest BCUT2D eigenvalue weighted by molar-refractivity contribution is 14.0. The van der Waals surface area contributed by atoms with Crippen LogP contribution in [0.2, 0.25) is 0 Å². The fourth-order valence-corrected chi connectivity index (χ4v) is 1.95. The predicted octanol–water partition coefficient (Wildman–Crippen LogP) is 3.38. The van der Waals surface area contributed by atoms with Crippen LogP contribution < -0.4 is 10.6 Å². The molecule has 6 heteroatoms. The van der Waals surface area contributed by atoms with Gasteiger partial charge in [-0.25, -0.2) is 0 Å². The second-order valence-corrected chi connectivity index (χ2v) is 6.07. The second-order valence-electron chi connectivity index (χ2n) is 5.09. The van der Waals surface area contributed by atoms with Gasteiger partial charge in [0.1, 0.15) is 5.76 Å². The van der Waals surface area contributed by atoms with E-state index in [1.807, 2.05) is 23.9 Å². The largest absolute Gasteiger partial charge is 0.469 e. The minimum atomic E-state index is 0. The molecule has 1 rings (SSSR count). The lowest BCUT2D eigenvalue weighted by atomic mass is 10.1. The summed E-state index contributed by atoms with van der Waals surface area (Å²) in [6.45, 7) is 7.09. The van der Waals surface area contributed by atoms with E-state index in [1.54, 1.807) is 6.26 Å². The molecule has 122 valence electrons. The van der Waals surface area contributed by atoms with E-state index in [1.165, 1.54) is 0 Å². The van der Waals surface area contributed by atoms with Crippen LogP contribution in [0.4, 0.5) is 0 Å². The number of guanidine groups is 1. The van der Waals surface area contributed by atoms with Gasteiger partial charge in [0.15, 0.2) is 5.96 Å². The Morgan fingerprint density at radius 3 is 2.71 bits per heavy atom. The zero-order chi connectivity index (χ0) is 14.6. The van der Waals surface area contributed by atoms with Crippen molar-refractivity contribution in [3.05, 3.63) is 24.2 Å². The lowest BCUT2D eigenvalue weighted by Crippen LogP contribution is -2.39. The molecule has 0 bridgehead atoms. The molecule has 1 heterocycles. The molecule has 0 atom stereocenters. The average Bonchev–Trinajstić information content (AvgIpc) is 2.91. The van der Waals surface area contributed by atoms with Crippen LogP contribution in [0.25, 0.3) is 0 Å². The van der Waals surface area contributed by atoms with Crippen molar-refractivity contribution in [2.24, 2.45) is 10.9 Å². The highest BCUT2D eigenvalue weighted by Crippen LogP contribution is 2.00. The van der Waals surface area contributed by atoms with Crippen LogP contribution in [0.1, 0.15) is 26.0 Å². The summed E-state index contributed by atoms with van der Waals surface area (Å²) in [6.07, 6.45) is 5.82. The van der Waals surface area contributed by atoms with E-state index in [0.717, 1.165) is 49.9 Å². The summed E-state index contributed by atoms with van der Waals surface area (Å²) in [6, 6.07) is 3.92. The number of thioether (sulfide) groups is 1. The van der Waals surface area contributed by atoms with Gasteiger partial charge in [-0.05, 0) is 30.7 Å². The summed E-state index contributed by atoms with van der Waals surface area (Å²) in [4.78, 5) is 4.61. The first-order valence-electron chi connectivity index (χ1n) is 7.26. The lowest BCUT2D eigenvalue weighted by Gasteiger charge is -2.12. The van der Waals surface area contributed by atoms with E-state index in [0.29, 0.717) is 5.92 Å². The van der Waals surface area contributed by atoms with Crippen molar-refractivity contribution in [3.8, 4) is 0 Å². The molecule has 0 aromatic carbocycles. The zero-order valence-electron chi connectivity index (χ0n) is 13.2. The second kappa shape index (κ2) is 13.3. The Morgan fingerprint density at radius 1 is 1.33 bits per heavy atom. The molecular weight excluding hydrogens is 397 g/mol. The van der Waals surface area contributed by atoms with Crippen molar-refractivity contribution in [2.45, 2.75) is 26.7 Å². The van der Waals surface area contributed by atoms with Gasteiger partial charge in [-0.1, -0.05) is 13.8 Å². The third kappa shape index (κ3) is 10.9. The first kappa shape index (κ1) is 20.6. The summed E-state index contributed by atoms with van der Waals surface area (Å²) in [7, 11) is 0. The number of hydrogen-bond acceptors (Lipinski definition) is 3. The van der Waals surface area contributed by atoms with E-state index < -0.39 is 0 Å². The minimum absolute atomic E-state index is 0. The molecule has 2 N–H and O–H groups in total. The van der Waals surface area contributed by atoms with Gasteiger partial charge in [-0.3, -0.25) is 4.99 Å². The van der Waals surface area contributed by atoms with Gasteiger partial charge in [-0.2, -0.15) is 11.8 Å². The zero-order valence-corrected chi connectivity index (χ0v) is 16.4. The third-order valence-corrected chi connectivity index (χ3v) is 3.43. The van der Waals surface area contributed by atoms with Crippen molar-refractivity contribution < 1.29 is 4.42 Å². The van der Waals surface area contributed by atoms with E-state index in [9.17, 15) is 0 Å². The van der Waals surface area contributed by atoms with Gasteiger partial charge < -0.3 is 15.1 Å². The number of nitrogens with one attached hydrogen (secondary N) is 2. The van der Waals surface area contributed by atoms with Crippen LogP contribution in [0.5, 0.6) is 0 Å². The quantitative estimate of drug-likeness (QED) is 0.276. The molecular formula is C15H28IN3OS. The highest BCUT2D eigenvalue weighted by Gasteiger charge is 2.00. The highest BCUT2D eigenvalue weighted by atomic mass is 127. The Bertz CT molecular complexity index is 369. The van der Waals surface area contributed by atoms with Gasteiger partial charge in [0.25, 0.3) is 0 Å². The van der Waals surface area contributed by atoms with Crippen LogP contribution in [0, 0.1) is 5.92 Å². The monoisotopic (exact) mass is 425 g/mol. The van der Waals surface area contributed by atoms with Crippen LogP contribution in [0.3, 0.4) is 0 Å². The Hall–Kier alpha value is -0.370. The fraction of sp³-hybridized carbons (Fsp3) is 0.667. The van der Waals surface area contributed by atoms with Gasteiger partial charge in [0.05, 0.1) is 6.26 Å². The minimum Gasteiger partial charge on any atom is -0.469 e. The van der Waals surface area contributed by atoms with Crippen LogP contribution in [0.15, 0.2) is 27.8 Å². The molecule has 0 spiro atoms. The van der Waals surface area contributed by atoms with E-state index >= 15 is 0 Å². The molecule has 0 amide bonds. The molecule has 1 aromatic rings. The molecule has 1 aromatic heterocycles. The molecule has 21 heavy (non-hydrogen) atoms. The molecule has 0 saturated carbocycles. The van der Waals surface area contributed by atoms with Crippen molar-refractivity contribution >= 4 is 41.7 Å². The molecule has 4 nitrogen and oxygen atoms in total. The SMILES string of the molecule is CSCCNC(=NCCC(C)C)NCCc1ccco1.I. The van der Waals surface area contributed by atoms with Gasteiger partial charge >= 0.3 is 0 Å². The number of nitrogens with zero attached hydrogens (tertiary/aromatic N) is 1. The van der Waals surface area contributed by atoms with E-state index in [4.69, 9.17) is 4.42 Å². The summed E-state index contributed by atoms with van der Waals surface area (Å²) >= 11 is 1.83. The molecule has 0 aliphatic heterocycles. The molecule has 0 unspecified atom stereocenters. The smallest absolute Gasteiger partial charge is 0.191 e. The Balaban J connectivity index is 0.00000400. The summed E-state index contributed by atoms with van der Waals surface area (Å²) in [5.74, 6) is 3.69. The lowest BCUT2D eigenvalue weighted by molar-refractivity contribution is 0.506. The van der Waals surface area contributed by atoms with Crippen molar-refractivity contribution in [3.63, 3.8) is 0 Å². The Kier molecular flexibility index (Phi) is 13.1. The number of halogens is 1. The van der Waals surface area contributed by atoms with Crippen molar-refractivity contribution in [1.82, 2.24) is 10.6 Å². The predicted molar refractivity (Wildman–Crippen MR) is 104 cm³/mol. The number of hydrogen-bond donors (Lipinski definition) is 2. The summed E-state index contributed by atoms with van der Waals surface area (Å²) in [5.41, 5.74) is 0. The normalized spacial score (nSPS) is 11.3. The Labute approximate surface area is 150 Å². The average molecular weight is 425 g/mol. The molecule has 0 aliphatic carbocycles. The summed E-state index contributed by atoms with van der Waals surface area (Å²) in [5, 5.41) is 6.72. The van der Waals surface area contributed by atoms with Crippen LogP contribution >= 0.6 is 35.7 Å². The van der Waals surface area contributed by atoms with Gasteiger partial charge in [0.2, 0.25) is 0 Å². The molecule has 0 radical (unpaired) electrons. The molecule has 0 fully saturated rings. The maximum absolute atomic E-state index is 5.32. The number of aliphatic imine (C=N–C) groups is 1. The summed E-state index contributed by atoms with van der Waals surface area (Å²) < 4.78 is 5.32. The first-order valence-corrected chi connectivity index (χ1v) is 8.65. The van der Waals surface area contributed by atoms with E-state index in [-0.39, 0.29) is 24.0 Å². The number of rotatable bonds is 9. The number of furan rings is 1. The molecule has 0 saturated heterocycles. The Morgan fingerprint density at radius 2 is 2.10 bits per heavy atom. The standard InChI is InChI=1S/C15H27N3OS.HI/c1-13(2)6-8-16-15(18-10-12-20-3)17-9-7-14-5-4-11-19-14;/h4-5,11,13H,6-10,12H2,1-3H3,(H2,16,17,18);1H. The molecule has 0 aliphatic rings. The van der Waals surface area contributed by atoms with Crippen molar-refractivity contribution in [2.75, 3.05) is 31.6 Å².